The van der Waals surface area contributed by atoms with Crippen LogP contribution in [-0.4, -0.2) is 16.3 Å². The lowest BCUT2D eigenvalue weighted by Gasteiger charge is -2.24. The van der Waals surface area contributed by atoms with E-state index in [1.807, 2.05) is 13.8 Å². The molecule has 0 amide bonds. The minimum atomic E-state index is -0.813. The largest absolute Gasteiger partial charge is 0.390 e. The van der Waals surface area contributed by atoms with Gasteiger partial charge in [-0.05, 0) is 18.1 Å². The monoisotopic (exact) mass is 248 g/mol. The Morgan fingerprint density at radius 3 is 2.27 bits per heavy atom. The molecule has 1 rings (SSSR count). The fourth-order valence-electron chi connectivity index (χ4n) is 1.68. The molecule has 4 heteroatoms. The van der Waals surface area contributed by atoms with Gasteiger partial charge in [-0.2, -0.15) is 0 Å². The van der Waals surface area contributed by atoms with Gasteiger partial charge in [0.1, 0.15) is 6.10 Å². The second-order valence-electron chi connectivity index (χ2n) is 3.65. The lowest BCUT2D eigenvalue weighted by atomic mass is 9.92. The Bertz CT molecular complexity index is 297. The highest BCUT2D eigenvalue weighted by molar-refractivity contribution is 7.16. The quantitative estimate of drug-likeness (QED) is 0.840. The molecular formula is C11H17ClO2S. The normalized spacial score (nSPS) is 15.6. The molecule has 0 aromatic carbocycles. The summed E-state index contributed by atoms with van der Waals surface area (Å²) in [6.07, 6.45) is 0.226. The summed E-state index contributed by atoms with van der Waals surface area (Å²) in [5.74, 6) is 0.140. The molecule has 0 spiro atoms. The van der Waals surface area contributed by atoms with Crippen LogP contribution in [0.15, 0.2) is 12.1 Å². The molecule has 86 valence electrons. The van der Waals surface area contributed by atoms with Crippen molar-refractivity contribution in [3.63, 3.8) is 0 Å². The van der Waals surface area contributed by atoms with Gasteiger partial charge in [0.2, 0.25) is 0 Å². The minimum Gasteiger partial charge on any atom is -0.390 e. The van der Waals surface area contributed by atoms with Crippen LogP contribution < -0.4 is 0 Å². The van der Waals surface area contributed by atoms with Crippen LogP contribution in [0.25, 0.3) is 0 Å². The van der Waals surface area contributed by atoms with Crippen LogP contribution in [0.1, 0.15) is 37.7 Å². The van der Waals surface area contributed by atoms with Gasteiger partial charge in [-0.25, -0.2) is 0 Å². The van der Waals surface area contributed by atoms with E-state index in [9.17, 15) is 10.2 Å². The smallest absolute Gasteiger partial charge is 0.114 e. The summed E-state index contributed by atoms with van der Waals surface area (Å²) < 4.78 is 0.640. The number of rotatable bonds is 5. The molecule has 0 bridgehead atoms. The van der Waals surface area contributed by atoms with Crippen molar-refractivity contribution in [1.82, 2.24) is 0 Å². The van der Waals surface area contributed by atoms with Crippen LogP contribution in [0.3, 0.4) is 0 Å². The molecule has 0 saturated carbocycles. The van der Waals surface area contributed by atoms with Crippen LogP contribution in [0.5, 0.6) is 0 Å². The average Bonchev–Trinajstić information content (AvgIpc) is 2.65. The standard InChI is InChI=1S/C11H17ClO2S/c1-3-7(4-2)10(13)11(14)8-5-6-9(12)15-8/h5-7,10-11,13-14H,3-4H2,1-2H3. The van der Waals surface area contributed by atoms with Gasteiger partial charge in [-0.1, -0.05) is 38.3 Å². The van der Waals surface area contributed by atoms with Crippen molar-refractivity contribution >= 4 is 22.9 Å². The molecule has 1 heterocycles. The first-order valence-corrected chi connectivity index (χ1v) is 6.40. The predicted molar refractivity (Wildman–Crippen MR) is 64.4 cm³/mol. The van der Waals surface area contributed by atoms with Crippen molar-refractivity contribution in [2.75, 3.05) is 0 Å². The van der Waals surface area contributed by atoms with Crippen LogP contribution in [-0.2, 0) is 0 Å². The summed E-state index contributed by atoms with van der Waals surface area (Å²) in [6, 6.07) is 3.51. The van der Waals surface area contributed by atoms with E-state index in [1.54, 1.807) is 12.1 Å². The zero-order valence-corrected chi connectivity index (χ0v) is 10.6. The van der Waals surface area contributed by atoms with Crippen LogP contribution >= 0.6 is 22.9 Å². The van der Waals surface area contributed by atoms with Crippen LogP contribution in [0.2, 0.25) is 4.34 Å². The number of halogens is 1. The maximum atomic E-state index is 9.95. The van der Waals surface area contributed by atoms with E-state index in [4.69, 9.17) is 11.6 Å². The Morgan fingerprint density at radius 2 is 1.87 bits per heavy atom. The topological polar surface area (TPSA) is 40.5 Å². The van der Waals surface area contributed by atoms with Crippen molar-refractivity contribution in [1.29, 1.82) is 0 Å². The Morgan fingerprint density at radius 1 is 1.27 bits per heavy atom. The van der Waals surface area contributed by atoms with Crippen molar-refractivity contribution < 1.29 is 10.2 Å². The highest BCUT2D eigenvalue weighted by atomic mass is 35.5. The van der Waals surface area contributed by atoms with Gasteiger partial charge in [0, 0.05) is 4.88 Å². The van der Waals surface area contributed by atoms with E-state index in [2.05, 4.69) is 0 Å². The third kappa shape index (κ3) is 3.18. The van der Waals surface area contributed by atoms with E-state index in [0.717, 1.165) is 17.7 Å². The molecule has 2 N–H and O–H groups in total. The molecular weight excluding hydrogens is 232 g/mol. The summed E-state index contributed by atoms with van der Waals surface area (Å²) in [4.78, 5) is 0.736. The van der Waals surface area contributed by atoms with Gasteiger partial charge in [0.25, 0.3) is 0 Å². The third-order valence-electron chi connectivity index (χ3n) is 2.74. The molecule has 15 heavy (non-hydrogen) atoms. The second kappa shape index (κ2) is 5.85. The van der Waals surface area contributed by atoms with Gasteiger partial charge in [-0.15, -0.1) is 11.3 Å². The molecule has 0 aliphatic heterocycles. The summed E-state index contributed by atoms with van der Waals surface area (Å²) in [7, 11) is 0. The summed E-state index contributed by atoms with van der Waals surface area (Å²) in [5, 5.41) is 19.9. The maximum absolute atomic E-state index is 9.95. The number of aliphatic hydroxyl groups is 2. The molecule has 0 saturated heterocycles. The summed E-state index contributed by atoms with van der Waals surface area (Å²) >= 11 is 7.10. The van der Waals surface area contributed by atoms with E-state index in [-0.39, 0.29) is 5.92 Å². The van der Waals surface area contributed by atoms with Crippen LogP contribution in [0.4, 0.5) is 0 Å². The molecule has 1 aromatic rings. The van der Waals surface area contributed by atoms with Gasteiger partial charge >= 0.3 is 0 Å². The van der Waals surface area contributed by atoms with Gasteiger partial charge in [0.05, 0.1) is 10.4 Å². The van der Waals surface area contributed by atoms with Gasteiger partial charge in [0.15, 0.2) is 0 Å². The first-order valence-electron chi connectivity index (χ1n) is 5.21. The number of hydrogen-bond acceptors (Lipinski definition) is 3. The van der Waals surface area contributed by atoms with Crippen molar-refractivity contribution in [3.8, 4) is 0 Å². The predicted octanol–water partition coefficient (Wildman–Crippen LogP) is 3.23. The lowest BCUT2D eigenvalue weighted by Crippen LogP contribution is -2.26. The Labute approximate surface area is 99.5 Å². The fraction of sp³-hybridized carbons (Fsp3) is 0.636. The number of aliphatic hydroxyl groups excluding tert-OH is 2. The fourth-order valence-corrected chi connectivity index (χ4v) is 2.77. The molecule has 2 nitrogen and oxygen atoms in total. The molecule has 0 radical (unpaired) electrons. The minimum absolute atomic E-state index is 0.140. The Hall–Kier alpha value is -0.0900. The van der Waals surface area contributed by atoms with E-state index >= 15 is 0 Å². The number of hydrogen-bond donors (Lipinski definition) is 2. The van der Waals surface area contributed by atoms with Gasteiger partial charge in [-0.3, -0.25) is 0 Å². The van der Waals surface area contributed by atoms with E-state index in [0.29, 0.717) is 4.34 Å². The van der Waals surface area contributed by atoms with Crippen molar-refractivity contribution in [2.45, 2.75) is 38.9 Å². The highest BCUT2D eigenvalue weighted by Gasteiger charge is 2.26. The second-order valence-corrected chi connectivity index (χ2v) is 5.40. The summed E-state index contributed by atoms with van der Waals surface area (Å²) in [6.45, 7) is 4.04. The van der Waals surface area contributed by atoms with Crippen molar-refractivity contribution in [2.24, 2.45) is 5.92 Å². The van der Waals surface area contributed by atoms with Crippen molar-refractivity contribution in [3.05, 3.63) is 21.3 Å². The zero-order chi connectivity index (χ0) is 11.4. The molecule has 0 aliphatic rings. The molecule has 1 aromatic heterocycles. The average molecular weight is 249 g/mol. The molecule has 2 unspecified atom stereocenters. The maximum Gasteiger partial charge on any atom is 0.114 e. The van der Waals surface area contributed by atoms with Crippen LogP contribution in [0, 0.1) is 5.92 Å². The van der Waals surface area contributed by atoms with Gasteiger partial charge < -0.3 is 10.2 Å². The molecule has 0 fully saturated rings. The lowest BCUT2D eigenvalue weighted by molar-refractivity contribution is -0.0191. The summed E-state index contributed by atoms with van der Waals surface area (Å²) in [5.41, 5.74) is 0. The third-order valence-corrected chi connectivity index (χ3v) is 4.04. The molecule has 2 atom stereocenters. The first kappa shape index (κ1) is 13.0. The zero-order valence-electron chi connectivity index (χ0n) is 8.98. The Kier molecular flexibility index (Phi) is 5.06. The highest BCUT2D eigenvalue weighted by Crippen LogP contribution is 2.32. The van der Waals surface area contributed by atoms with E-state index in [1.165, 1.54) is 11.3 Å². The molecule has 0 aliphatic carbocycles. The SMILES string of the molecule is CCC(CC)C(O)C(O)c1ccc(Cl)s1. The number of thiophene rings is 1. The Balaban J connectivity index is 2.71. The first-order chi connectivity index (χ1) is 7.10. The van der Waals surface area contributed by atoms with E-state index < -0.39 is 12.2 Å².